The lowest BCUT2D eigenvalue weighted by atomic mass is 10.1. The predicted molar refractivity (Wildman–Crippen MR) is 50.7 cm³/mol. The molecule has 2 heteroatoms. The van der Waals surface area contributed by atoms with E-state index in [1.165, 1.54) is 6.08 Å². The fourth-order valence-electron chi connectivity index (χ4n) is 0.970. The molecule has 0 aliphatic carbocycles. The second-order valence-electron chi connectivity index (χ2n) is 2.53. The Morgan fingerprint density at radius 1 is 1.58 bits per heavy atom. The van der Waals surface area contributed by atoms with Gasteiger partial charge in [0.15, 0.2) is 5.78 Å². The van der Waals surface area contributed by atoms with Crippen molar-refractivity contribution < 1.29 is 4.79 Å². The Morgan fingerprint density at radius 2 is 2.25 bits per heavy atom. The van der Waals surface area contributed by atoms with Crippen molar-refractivity contribution in [1.29, 1.82) is 0 Å². The minimum absolute atomic E-state index is 0.0880. The van der Waals surface area contributed by atoms with Gasteiger partial charge in [0.05, 0.1) is 0 Å². The third-order valence-corrected chi connectivity index (χ3v) is 1.89. The molecule has 0 bridgehead atoms. The Kier molecular flexibility index (Phi) is 2.66. The first-order chi connectivity index (χ1) is 5.65. The number of rotatable bonds is 2. The second kappa shape index (κ2) is 3.55. The predicted octanol–water partition coefficient (Wildman–Crippen LogP) is 3.02. The molecule has 0 atom stereocenters. The van der Waals surface area contributed by atoms with Crippen LogP contribution in [0.5, 0.6) is 0 Å². The second-order valence-corrected chi connectivity index (χ2v) is 2.96. The van der Waals surface area contributed by atoms with Crippen LogP contribution < -0.4 is 0 Å². The summed E-state index contributed by atoms with van der Waals surface area (Å²) in [6, 6.07) is 5.23. The van der Waals surface area contributed by atoms with E-state index in [1.54, 1.807) is 12.1 Å². The quantitative estimate of drug-likeness (QED) is 0.505. The highest BCUT2D eigenvalue weighted by molar-refractivity contribution is 6.31. The van der Waals surface area contributed by atoms with Gasteiger partial charge in [-0.2, -0.15) is 0 Å². The fraction of sp³-hybridized carbons (Fsp3) is 0.100. The molecule has 0 unspecified atom stereocenters. The van der Waals surface area contributed by atoms with Crippen LogP contribution in [0.1, 0.15) is 15.9 Å². The molecule has 0 N–H and O–H groups in total. The molecule has 0 aliphatic heterocycles. The molecule has 1 nitrogen and oxygen atoms in total. The highest BCUT2D eigenvalue weighted by atomic mass is 35.5. The molecular weight excluding hydrogens is 172 g/mol. The van der Waals surface area contributed by atoms with E-state index in [2.05, 4.69) is 6.58 Å². The Labute approximate surface area is 76.7 Å². The van der Waals surface area contributed by atoms with Crippen LogP contribution in [-0.4, -0.2) is 5.78 Å². The number of halogens is 1. The van der Waals surface area contributed by atoms with Crippen molar-refractivity contribution >= 4 is 17.4 Å². The average molecular weight is 181 g/mol. The highest BCUT2D eigenvalue weighted by Crippen LogP contribution is 2.15. The van der Waals surface area contributed by atoms with Gasteiger partial charge in [0.25, 0.3) is 0 Å². The van der Waals surface area contributed by atoms with Crippen molar-refractivity contribution in [2.45, 2.75) is 6.92 Å². The summed E-state index contributed by atoms with van der Waals surface area (Å²) in [5.74, 6) is -0.0880. The SMILES string of the molecule is C=CC(=O)c1cc(Cl)ccc1C. The van der Waals surface area contributed by atoms with E-state index < -0.39 is 0 Å². The van der Waals surface area contributed by atoms with Gasteiger partial charge >= 0.3 is 0 Å². The van der Waals surface area contributed by atoms with Crippen LogP contribution in [-0.2, 0) is 0 Å². The van der Waals surface area contributed by atoms with Crippen molar-refractivity contribution in [2.75, 3.05) is 0 Å². The molecule has 1 aromatic carbocycles. The van der Waals surface area contributed by atoms with Crippen LogP contribution in [0, 0.1) is 6.92 Å². The minimum Gasteiger partial charge on any atom is -0.289 e. The van der Waals surface area contributed by atoms with Crippen molar-refractivity contribution in [3.63, 3.8) is 0 Å². The van der Waals surface area contributed by atoms with Gasteiger partial charge in [0.2, 0.25) is 0 Å². The van der Waals surface area contributed by atoms with Gasteiger partial charge in [-0.25, -0.2) is 0 Å². The van der Waals surface area contributed by atoms with E-state index in [-0.39, 0.29) is 5.78 Å². The van der Waals surface area contributed by atoms with Gasteiger partial charge in [0, 0.05) is 10.6 Å². The molecule has 1 aromatic rings. The van der Waals surface area contributed by atoms with E-state index in [1.807, 2.05) is 13.0 Å². The zero-order chi connectivity index (χ0) is 9.14. The summed E-state index contributed by atoms with van der Waals surface area (Å²) >= 11 is 5.73. The molecule has 12 heavy (non-hydrogen) atoms. The minimum atomic E-state index is -0.0880. The molecule has 0 amide bonds. The number of aryl methyl sites for hydroxylation is 1. The van der Waals surface area contributed by atoms with Crippen LogP contribution in [0.2, 0.25) is 5.02 Å². The Hall–Kier alpha value is -1.08. The summed E-state index contributed by atoms with van der Waals surface area (Å²) in [6.07, 6.45) is 1.29. The summed E-state index contributed by atoms with van der Waals surface area (Å²) in [5.41, 5.74) is 1.54. The van der Waals surface area contributed by atoms with Crippen LogP contribution >= 0.6 is 11.6 Å². The zero-order valence-electron chi connectivity index (χ0n) is 6.80. The molecule has 62 valence electrons. The van der Waals surface area contributed by atoms with Crippen molar-refractivity contribution in [3.05, 3.63) is 47.0 Å². The molecule has 0 spiro atoms. The summed E-state index contributed by atoms with van der Waals surface area (Å²) < 4.78 is 0. The Balaban J connectivity index is 3.22. The van der Waals surface area contributed by atoms with Gasteiger partial charge in [0.1, 0.15) is 0 Å². The van der Waals surface area contributed by atoms with E-state index in [0.717, 1.165) is 5.56 Å². The maximum absolute atomic E-state index is 11.2. The van der Waals surface area contributed by atoms with Gasteiger partial charge in [-0.15, -0.1) is 0 Å². The fourth-order valence-corrected chi connectivity index (χ4v) is 1.14. The van der Waals surface area contributed by atoms with Crippen LogP contribution in [0.15, 0.2) is 30.9 Å². The van der Waals surface area contributed by atoms with Gasteiger partial charge in [-0.1, -0.05) is 24.2 Å². The average Bonchev–Trinajstić information content (AvgIpc) is 2.08. The van der Waals surface area contributed by atoms with Crippen LogP contribution in [0.25, 0.3) is 0 Å². The molecule has 0 heterocycles. The van der Waals surface area contributed by atoms with Crippen molar-refractivity contribution in [1.82, 2.24) is 0 Å². The molecule has 0 saturated carbocycles. The van der Waals surface area contributed by atoms with Gasteiger partial charge < -0.3 is 0 Å². The molecule has 0 aromatic heterocycles. The topological polar surface area (TPSA) is 17.1 Å². The van der Waals surface area contributed by atoms with E-state index in [0.29, 0.717) is 10.6 Å². The Morgan fingerprint density at radius 3 is 2.83 bits per heavy atom. The molecule has 0 aliphatic rings. The number of benzene rings is 1. The molecular formula is C10H9ClO. The van der Waals surface area contributed by atoms with Crippen molar-refractivity contribution in [2.24, 2.45) is 0 Å². The van der Waals surface area contributed by atoms with E-state index >= 15 is 0 Å². The third-order valence-electron chi connectivity index (χ3n) is 1.65. The summed E-state index contributed by atoms with van der Waals surface area (Å²) in [6.45, 7) is 5.28. The number of hydrogen-bond donors (Lipinski definition) is 0. The first-order valence-corrected chi connectivity index (χ1v) is 3.96. The van der Waals surface area contributed by atoms with E-state index in [4.69, 9.17) is 11.6 Å². The smallest absolute Gasteiger partial charge is 0.185 e. The lowest BCUT2D eigenvalue weighted by Crippen LogP contribution is -1.96. The first kappa shape index (κ1) is 9.01. The van der Waals surface area contributed by atoms with Crippen molar-refractivity contribution in [3.8, 4) is 0 Å². The summed E-state index contributed by atoms with van der Waals surface area (Å²) in [7, 11) is 0. The molecule has 0 saturated heterocycles. The first-order valence-electron chi connectivity index (χ1n) is 3.58. The number of carbonyl (C=O) groups is 1. The van der Waals surface area contributed by atoms with Gasteiger partial charge in [-0.05, 0) is 30.7 Å². The molecule has 0 fully saturated rings. The maximum atomic E-state index is 11.2. The normalized spacial score (nSPS) is 9.50. The molecule has 1 rings (SSSR count). The third kappa shape index (κ3) is 1.74. The number of carbonyl (C=O) groups excluding carboxylic acids is 1. The van der Waals surface area contributed by atoms with Crippen LogP contribution in [0.4, 0.5) is 0 Å². The summed E-state index contributed by atoms with van der Waals surface area (Å²) in [4.78, 5) is 11.2. The van der Waals surface area contributed by atoms with E-state index in [9.17, 15) is 4.79 Å². The summed E-state index contributed by atoms with van der Waals surface area (Å²) in [5, 5.41) is 0.575. The largest absolute Gasteiger partial charge is 0.289 e. The Bertz CT molecular complexity index is 329. The number of hydrogen-bond acceptors (Lipinski definition) is 1. The lowest BCUT2D eigenvalue weighted by Gasteiger charge is -2.00. The molecule has 0 radical (unpaired) electrons. The zero-order valence-corrected chi connectivity index (χ0v) is 7.56. The van der Waals surface area contributed by atoms with Crippen LogP contribution in [0.3, 0.4) is 0 Å². The number of ketones is 1. The maximum Gasteiger partial charge on any atom is 0.185 e. The highest BCUT2D eigenvalue weighted by Gasteiger charge is 2.04. The standard InChI is InChI=1S/C10H9ClO/c1-3-10(12)9-6-8(11)5-4-7(9)2/h3-6H,1H2,2H3. The monoisotopic (exact) mass is 180 g/mol. The van der Waals surface area contributed by atoms with Gasteiger partial charge in [-0.3, -0.25) is 4.79 Å². The lowest BCUT2D eigenvalue weighted by molar-refractivity contribution is 0.104. The number of allylic oxidation sites excluding steroid dienone is 1.